The number of benzene rings is 3. The fourth-order valence-electron chi connectivity index (χ4n) is 3.15. The van der Waals surface area contributed by atoms with E-state index in [1.807, 2.05) is 26.0 Å². The minimum atomic E-state index is -0.216. The molecule has 3 rings (SSSR count). The molecular formula is C23H23N3O3. The van der Waals surface area contributed by atoms with Gasteiger partial charge in [0, 0.05) is 17.3 Å². The Kier molecular flexibility index (Phi) is 6.03. The molecule has 6 nitrogen and oxygen atoms in total. The lowest BCUT2D eigenvalue weighted by molar-refractivity contribution is 0.276. The molecule has 0 aromatic heterocycles. The zero-order chi connectivity index (χ0) is 21.0. The average molecular weight is 389 g/mol. The van der Waals surface area contributed by atoms with Crippen molar-refractivity contribution in [3.8, 4) is 11.5 Å². The zero-order valence-electron chi connectivity index (χ0n) is 16.4. The van der Waals surface area contributed by atoms with Gasteiger partial charge in [-0.25, -0.2) is 4.85 Å². The first-order chi connectivity index (χ1) is 13.9. The van der Waals surface area contributed by atoms with Gasteiger partial charge in [0.05, 0.1) is 31.2 Å². The van der Waals surface area contributed by atoms with Gasteiger partial charge in [-0.3, -0.25) is 0 Å². The standard InChI is InChI=1S/C23H23N3O3/c1-14-8-16(12-27)9-15(2)23(14)29-22-11-21(20(24)10-17(22)13-28)26-19-6-4-18(25-3)5-7-19/h4-11,26-28H,12-13,24H2,1-2H3. The van der Waals surface area contributed by atoms with Crippen molar-refractivity contribution in [1.29, 1.82) is 0 Å². The van der Waals surface area contributed by atoms with Gasteiger partial charge in [0.25, 0.3) is 0 Å². The number of aliphatic hydroxyl groups excluding tert-OH is 2. The van der Waals surface area contributed by atoms with Gasteiger partial charge in [-0.2, -0.15) is 0 Å². The Morgan fingerprint density at radius 3 is 2.21 bits per heavy atom. The number of nitrogens with two attached hydrogens (primary N) is 1. The smallest absolute Gasteiger partial charge is 0.187 e. The Balaban J connectivity index is 1.96. The molecule has 0 saturated heterocycles. The van der Waals surface area contributed by atoms with Gasteiger partial charge in [0.2, 0.25) is 0 Å². The van der Waals surface area contributed by atoms with Crippen molar-refractivity contribution in [2.24, 2.45) is 0 Å². The Bertz CT molecular complexity index is 1050. The molecule has 29 heavy (non-hydrogen) atoms. The molecule has 0 saturated carbocycles. The first-order valence-electron chi connectivity index (χ1n) is 9.11. The molecule has 6 heteroatoms. The van der Waals surface area contributed by atoms with Crippen molar-refractivity contribution in [3.63, 3.8) is 0 Å². The molecule has 0 aliphatic heterocycles. The molecule has 0 spiro atoms. The van der Waals surface area contributed by atoms with Crippen LogP contribution in [0.1, 0.15) is 22.3 Å². The molecule has 0 bridgehead atoms. The van der Waals surface area contributed by atoms with Gasteiger partial charge >= 0.3 is 0 Å². The molecule has 3 aromatic rings. The van der Waals surface area contributed by atoms with E-state index in [2.05, 4.69) is 10.2 Å². The molecule has 0 fully saturated rings. The second-order valence-corrected chi connectivity index (χ2v) is 6.81. The van der Waals surface area contributed by atoms with Crippen LogP contribution in [0.4, 0.5) is 22.7 Å². The van der Waals surface area contributed by atoms with E-state index >= 15 is 0 Å². The van der Waals surface area contributed by atoms with E-state index in [4.69, 9.17) is 17.0 Å². The summed E-state index contributed by atoms with van der Waals surface area (Å²) in [7, 11) is 0. The summed E-state index contributed by atoms with van der Waals surface area (Å²) in [6, 6.07) is 14.2. The second-order valence-electron chi connectivity index (χ2n) is 6.81. The van der Waals surface area contributed by atoms with Gasteiger partial charge in [-0.1, -0.05) is 24.3 Å². The van der Waals surface area contributed by atoms with Crippen LogP contribution in [0.15, 0.2) is 48.5 Å². The number of nitrogens with zero attached hydrogens (tertiary/aromatic N) is 1. The summed E-state index contributed by atoms with van der Waals surface area (Å²) in [6.07, 6.45) is 0. The number of nitrogen functional groups attached to an aromatic ring is 1. The van der Waals surface area contributed by atoms with Gasteiger partial charge in [-0.05, 0) is 48.7 Å². The van der Waals surface area contributed by atoms with Gasteiger partial charge in [0.15, 0.2) is 5.69 Å². The van der Waals surface area contributed by atoms with Crippen LogP contribution in [0.5, 0.6) is 11.5 Å². The maximum absolute atomic E-state index is 9.76. The molecule has 0 aliphatic rings. The molecular weight excluding hydrogens is 366 g/mol. The molecule has 3 aromatic carbocycles. The molecule has 0 heterocycles. The number of rotatable bonds is 6. The summed E-state index contributed by atoms with van der Waals surface area (Å²) in [5.41, 5.74) is 11.8. The van der Waals surface area contributed by atoms with Gasteiger partial charge < -0.3 is 26.0 Å². The van der Waals surface area contributed by atoms with E-state index in [9.17, 15) is 10.2 Å². The quantitative estimate of drug-likeness (QED) is 0.353. The molecule has 0 unspecified atom stereocenters. The number of hydrogen-bond acceptors (Lipinski definition) is 5. The summed E-state index contributed by atoms with van der Waals surface area (Å²) in [6.45, 7) is 10.6. The van der Waals surface area contributed by atoms with E-state index in [-0.39, 0.29) is 13.2 Å². The fourth-order valence-corrected chi connectivity index (χ4v) is 3.15. The van der Waals surface area contributed by atoms with Gasteiger partial charge in [-0.15, -0.1) is 0 Å². The predicted molar refractivity (Wildman–Crippen MR) is 115 cm³/mol. The number of anilines is 3. The van der Waals surface area contributed by atoms with E-state index in [0.29, 0.717) is 34.1 Å². The van der Waals surface area contributed by atoms with Gasteiger partial charge in [0.1, 0.15) is 11.5 Å². The first-order valence-corrected chi connectivity index (χ1v) is 9.11. The second kappa shape index (κ2) is 8.65. The molecule has 0 radical (unpaired) electrons. The highest BCUT2D eigenvalue weighted by Gasteiger charge is 2.14. The van der Waals surface area contributed by atoms with Crippen molar-refractivity contribution in [1.82, 2.24) is 0 Å². The van der Waals surface area contributed by atoms with Crippen molar-refractivity contribution >= 4 is 22.7 Å². The topological polar surface area (TPSA) is 92.1 Å². The first kappa shape index (κ1) is 20.2. The summed E-state index contributed by atoms with van der Waals surface area (Å²) in [5, 5.41) is 22.4. The molecule has 0 aliphatic carbocycles. The van der Waals surface area contributed by atoms with Crippen molar-refractivity contribution in [3.05, 3.63) is 82.2 Å². The average Bonchev–Trinajstić information content (AvgIpc) is 2.72. The molecule has 5 N–H and O–H groups in total. The summed E-state index contributed by atoms with van der Waals surface area (Å²) in [4.78, 5) is 3.38. The van der Waals surface area contributed by atoms with Crippen LogP contribution < -0.4 is 15.8 Å². The van der Waals surface area contributed by atoms with E-state index in [1.165, 1.54) is 0 Å². The predicted octanol–water partition coefficient (Wildman–Crippen LogP) is 4.96. The van der Waals surface area contributed by atoms with Crippen LogP contribution in [0.25, 0.3) is 4.85 Å². The number of aliphatic hydroxyl groups is 2. The van der Waals surface area contributed by atoms with E-state index in [0.717, 1.165) is 22.4 Å². The third-order valence-electron chi connectivity index (χ3n) is 4.59. The highest BCUT2D eigenvalue weighted by atomic mass is 16.5. The van der Waals surface area contributed by atoms with Crippen LogP contribution in [0.3, 0.4) is 0 Å². The maximum atomic E-state index is 9.76. The Labute approximate surface area is 170 Å². The number of nitrogens with one attached hydrogen (secondary N) is 1. The number of ether oxygens (including phenoxy) is 1. The Morgan fingerprint density at radius 1 is 1.00 bits per heavy atom. The molecule has 0 amide bonds. The van der Waals surface area contributed by atoms with Crippen molar-refractivity contribution < 1.29 is 14.9 Å². The zero-order valence-corrected chi connectivity index (χ0v) is 16.4. The lowest BCUT2D eigenvalue weighted by Crippen LogP contribution is -2.02. The van der Waals surface area contributed by atoms with Crippen molar-refractivity contribution in [2.45, 2.75) is 27.1 Å². The Hall–Kier alpha value is -3.53. The highest BCUT2D eigenvalue weighted by molar-refractivity contribution is 5.76. The number of hydrogen-bond donors (Lipinski definition) is 4. The lowest BCUT2D eigenvalue weighted by Gasteiger charge is -2.18. The van der Waals surface area contributed by atoms with Crippen LogP contribution in [-0.4, -0.2) is 10.2 Å². The lowest BCUT2D eigenvalue weighted by atomic mass is 10.1. The highest BCUT2D eigenvalue weighted by Crippen LogP contribution is 2.37. The maximum Gasteiger partial charge on any atom is 0.187 e. The van der Waals surface area contributed by atoms with Crippen LogP contribution in [-0.2, 0) is 13.2 Å². The summed E-state index contributed by atoms with van der Waals surface area (Å²) >= 11 is 0. The third kappa shape index (κ3) is 4.49. The summed E-state index contributed by atoms with van der Waals surface area (Å²) < 4.78 is 6.15. The van der Waals surface area contributed by atoms with E-state index < -0.39 is 0 Å². The minimum absolute atomic E-state index is 0.0356. The number of aryl methyl sites for hydroxylation is 2. The van der Waals surface area contributed by atoms with Crippen LogP contribution in [0, 0.1) is 20.4 Å². The normalized spacial score (nSPS) is 10.4. The van der Waals surface area contributed by atoms with Crippen LogP contribution >= 0.6 is 0 Å². The molecule has 148 valence electrons. The summed E-state index contributed by atoms with van der Waals surface area (Å²) in [5.74, 6) is 1.17. The molecule has 0 atom stereocenters. The Morgan fingerprint density at radius 2 is 1.66 bits per heavy atom. The SMILES string of the molecule is [C-]#[N+]c1ccc(Nc2cc(Oc3c(C)cc(CO)cc3C)c(CO)cc2N)cc1. The largest absolute Gasteiger partial charge is 0.456 e. The van der Waals surface area contributed by atoms with Crippen LogP contribution in [0.2, 0.25) is 0 Å². The van der Waals surface area contributed by atoms with Crippen molar-refractivity contribution in [2.75, 3.05) is 11.1 Å². The third-order valence-corrected chi connectivity index (χ3v) is 4.59. The minimum Gasteiger partial charge on any atom is -0.456 e. The fraction of sp³-hybridized carbons (Fsp3) is 0.174. The van der Waals surface area contributed by atoms with E-state index in [1.54, 1.807) is 36.4 Å². The monoisotopic (exact) mass is 389 g/mol.